The van der Waals surface area contributed by atoms with Crippen LogP contribution in [0.2, 0.25) is 5.15 Å². The van der Waals surface area contributed by atoms with E-state index in [2.05, 4.69) is 10.1 Å². The van der Waals surface area contributed by atoms with Crippen LogP contribution in [0, 0.1) is 0 Å². The molecule has 28 heavy (non-hydrogen) atoms. The van der Waals surface area contributed by atoms with Crippen molar-refractivity contribution in [2.45, 2.75) is 25.4 Å². The molecule has 0 atom stereocenters. The lowest BCUT2D eigenvalue weighted by Crippen LogP contribution is -2.32. The first kappa shape index (κ1) is 22.5. The monoisotopic (exact) mass is 436 g/mol. The van der Waals surface area contributed by atoms with Crippen molar-refractivity contribution in [3.8, 4) is 5.69 Å². The first-order valence-electron chi connectivity index (χ1n) is 8.53. The molecule has 0 radical (unpaired) electrons. The SMILES string of the molecule is O=C(CCSCCC(F)(F)F)N(CCCO)c1cn(-c2cccnc2)nc1Cl. The Morgan fingerprint density at radius 1 is 1.36 bits per heavy atom. The molecule has 0 saturated carbocycles. The molecule has 154 valence electrons. The fourth-order valence-corrected chi connectivity index (χ4v) is 3.47. The van der Waals surface area contributed by atoms with E-state index in [0.717, 1.165) is 11.8 Å². The van der Waals surface area contributed by atoms with Gasteiger partial charge in [0.2, 0.25) is 5.91 Å². The lowest BCUT2D eigenvalue weighted by Gasteiger charge is -2.21. The van der Waals surface area contributed by atoms with Crippen molar-refractivity contribution in [3.63, 3.8) is 0 Å². The molecule has 0 saturated heterocycles. The van der Waals surface area contributed by atoms with E-state index in [1.807, 2.05) is 0 Å². The number of nitrogens with zero attached hydrogens (tertiary/aromatic N) is 4. The van der Waals surface area contributed by atoms with Gasteiger partial charge in [0, 0.05) is 37.3 Å². The van der Waals surface area contributed by atoms with E-state index >= 15 is 0 Å². The Morgan fingerprint density at radius 2 is 2.14 bits per heavy atom. The standard InChI is InChI=1S/C17H20ClF3N4O2S/c18-16-14(12-25(23-16)13-3-1-6-22-11-13)24(7-2-8-26)15(27)4-9-28-10-5-17(19,20)21/h1,3,6,11-12,26H,2,4-5,7-10H2. The van der Waals surface area contributed by atoms with Crippen LogP contribution in [0.1, 0.15) is 19.3 Å². The molecule has 0 aliphatic carbocycles. The largest absolute Gasteiger partial charge is 0.396 e. The number of amides is 1. The highest BCUT2D eigenvalue weighted by atomic mass is 35.5. The summed E-state index contributed by atoms with van der Waals surface area (Å²) in [7, 11) is 0. The highest BCUT2D eigenvalue weighted by Crippen LogP contribution is 2.27. The molecule has 0 aliphatic heterocycles. The third-order valence-corrected chi connectivity index (χ3v) is 4.94. The minimum atomic E-state index is -4.20. The summed E-state index contributed by atoms with van der Waals surface area (Å²) in [6, 6.07) is 3.51. The van der Waals surface area contributed by atoms with Crippen LogP contribution in [-0.4, -0.2) is 56.6 Å². The third-order valence-electron chi connectivity index (χ3n) is 3.68. The number of rotatable bonds is 10. The molecule has 2 aromatic heterocycles. The van der Waals surface area contributed by atoms with Gasteiger partial charge in [-0.05, 0) is 18.6 Å². The van der Waals surface area contributed by atoms with Crippen molar-refractivity contribution in [1.29, 1.82) is 0 Å². The van der Waals surface area contributed by atoms with Gasteiger partial charge in [0.25, 0.3) is 0 Å². The summed E-state index contributed by atoms with van der Waals surface area (Å²) in [5.41, 5.74) is 1.04. The van der Waals surface area contributed by atoms with Crippen molar-refractivity contribution in [2.75, 3.05) is 29.6 Å². The molecule has 1 amide bonds. The molecule has 0 bridgehead atoms. The molecule has 2 rings (SSSR count). The predicted octanol–water partition coefficient (Wildman–Crippen LogP) is 3.71. The van der Waals surface area contributed by atoms with Crippen LogP contribution >= 0.6 is 23.4 Å². The molecule has 0 unspecified atom stereocenters. The van der Waals surface area contributed by atoms with Gasteiger partial charge >= 0.3 is 6.18 Å². The number of carbonyl (C=O) groups is 1. The Balaban J connectivity index is 2.04. The van der Waals surface area contributed by atoms with E-state index in [1.54, 1.807) is 30.7 Å². The van der Waals surface area contributed by atoms with Crippen molar-refractivity contribution >= 4 is 35.0 Å². The number of aliphatic hydroxyl groups is 1. The summed E-state index contributed by atoms with van der Waals surface area (Å²) in [5.74, 6) is -0.118. The number of thioether (sulfide) groups is 1. The zero-order valence-electron chi connectivity index (χ0n) is 14.9. The zero-order valence-corrected chi connectivity index (χ0v) is 16.5. The molecular formula is C17H20ClF3N4O2S. The molecule has 0 fully saturated rings. The number of anilines is 1. The first-order valence-corrected chi connectivity index (χ1v) is 10.1. The van der Waals surface area contributed by atoms with Crippen LogP contribution < -0.4 is 4.90 Å². The maximum absolute atomic E-state index is 12.6. The molecule has 6 nitrogen and oxygen atoms in total. The summed E-state index contributed by atoms with van der Waals surface area (Å²) in [6.07, 6.45) is 0.102. The lowest BCUT2D eigenvalue weighted by molar-refractivity contribution is -0.129. The predicted molar refractivity (Wildman–Crippen MR) is 103 cm³/mol. The summed E-state index contributed by atoms with van der Waals surface area (Å²) >= 11 is 7.28. The maximum Gasteiger partial charge on any atom is 0.389 e. The van der Waals surface area contributed by atoms with Crippen molar-refractivity contribution in [3.05, 3.63) is 35.9 Å². The van der Waals surface area contributed by atoms with Gasteiger partial charge in [-0.2, -0.15) is 30.0 Å². The number of halogens is 4. The van der Waals surface area contributed by atoms with Gasteiger partial charge in [-0.1, -0.05) is 11.6 Å². The van der Waals surface area contributed by atoms with Gasteiger partial charge in [0.15, 0.2) is 5.15 Å². The maximum atomic E-state index is 12.6. The van der Waals surface area contributed by atoms with Crippen LogP contribution in [0.3, 0.4) is 0 Å². The Labute approximate surface area is 169 Å². The Morgan fingerprint density at radius 3 is 2.79 bits per heavy atom. The molecule has 0 spiro atoms. The van der Waals surface area contributed by atoms with Gasteiger partial charge in [-0.3, -0.25) is 9.78 Å². The number of pyridine rings is 1. The number of carbonyl (C=O) groups excluding carboxylic acids is 1. The van der Waals surface area contributed by atoms with E-state index in [4.69, 9.17) is 16.7 Å². The van der Waals surface area contributed by atoms with Crippen molar-refractivity contribution < 1.29 is 23.1 Å². The van der Waals surface area contributed by atoms with Gasteiger partial charge in [0.1, 0.15) is 5.69 Å². The second-order valence-corrected chi connectivity index (χ2v) is 7.39. The molecule has 0 aromatic carbocycles. The smallest absolute Gasteiger partial charge is 0.389 e. The molecule has 2 aromatic rings. The number of hydrogen-bond donors (Lipinski definition) is 1. The average molecular weight is 437 g/mol. The summed E-state index contributed by atoms with van der Waals surface area (Å²) in [6.45, 7) is 0.111. The van der Waals surface area contributed by atoms with E-state index in [1.165, 1.54) is 9.58 Å². The van der Waals surface area contributed by atoms with Crippen LogP contribution in [-0.2, 0) is 4.79 Å². The van der Waals surface area contributed by atoms with Gasteiger partial charge < -0.3 is 10.0 Å². The topological polar surface area (TPSA) is 71.2 Å². The van der Waals surface area contributed by atoms with Gasteiger partial charge in [-0.15, -0.1) is 0 Å². The minimum Gasteiger partial charge on any atom is -0.396 e. The highest BCUT2D eigenvalue weighted by Gasteiger charge is 2.26. The van der Waals surface area contributed by atoms with Crippen molar-refractivity contribution in [2.24, 2.45) is 0 Å². The summed E-state index contributed by atoms with van der Waals surface area (Å²) < 4.78 is 38.0. The Kier molecular flexibility index (Phi) is 8.58. The second kappa shape index (κ2) is 10.7. The number of alkyl halides is 3. The van der Waals surface area contributed by atoms with E-state index in [-0.39, 0.29) is 42.1 Å². The van der Waals surface area contributed by atoms with Gasteiger partial charge in [0.05, 0.1) is 24.5 Å². The van der Waals surface area contributed by atoms with Crippen LogP contribution in [0.25, 0.3) is 5.69 Å². The van der Waals surface area contributed by atoms with Gasteiger partial charge in [-0.25, -0.2) is 4.68 Å². The van der Waals surface area contributed by atoms with Crippen molar-refractivity contribution in [1.82, 2.24) is 14.8 Å². The fourth-order valence-electron chi connectivity index (χ4n) is 2.34. The Hall–Kier alpha value is -1.78. The number of hydrogen-bond acceptors (Lipinski definition) is 5. The van der Waals surface area contributed by atoms with E-state index < -0.39 is 12.6 Å². The fraction of sp³-hybridized carbons (Fsp3) is 0.471. The van der Waals surface area contributed by atoms with Crippen LogP contribution in [0.4, 0.5) is 18.9 Å². The average Bonchev–Trinajstić information content (AvgIpc) is 3.03. The normalized spacial score (nSPS) is 11.6. The third kappa shape index (κ3) is 6.99. The number of aliphatic hydroxyl groups excluding tert-OH is 1. The molecule has 2 heterocycles. The first-order chi connectivity index (χ1) is 13.3. The summed E-state index contributed by atoms with van der Waals surface area (Å²) in [5, 5.41) is 13.4. The van der Waals surface area contributed by atoms with E-state index in [0.29, 0.717) is 17.8 Å². The minimum absolute atomic E-state index is 0.0579. The number of aromatic nitrogens is 3. The summed E-state index contributed by atoms with van der Waals surface area (Å²) in [4.78, 5) is 18.0. The quantitative estimate of drug-likeness (QED) is 0.575. The molecule has 1 N–H and O–H groups in total. The Bertz CT molecular complexity index is 759. The second-order valence-electron chi connectivity index (χ2n) is 5.81. The van der Waals surface area contributed by atoms with Crippen LogP contribution in [0.15, 0.2) is 30.7 Å². The molecule has 0 aliphatic rings. The zero-order chi connectivity index (χ0) is 20.6. The lowest BCUT2D eigenvalue weighted by atomic mass is 10.3. The molecular weight excluding hydrogens is 417 g/mol. The van der Waals surface area contributed by atoms with Crippen LogP contribution in [0.5, 0.6) is 0 Å². The highest BCUT2D eigenvalue weighted by molar-refractivity contribution is 7.99. The molecule has 11 heteroatoms. The van der Waals surface area contributed by atoms with E-state index in [9.17, 15) is 18.0 Å².